The van der Waals surface area contributed by atoms with E-state index in [2.05, 4.69) is 26.0 Å². The first-order valence-electron chi connectivity index (χ1n) is 6.98. The molecule has 0 N–H and O–H groups in total. The van der Waals surface area contributed by atoms with E-state index in [0.29, 0.717) is 19.6 Å². The molecule has 0 aliphatic carbocycles. The zero-order chi connectivity index (χ0) is 15.1. The average Bonchev–Trinajstić information content (AvgIpc) is 2.49. The molecule has 2 rings (SSSR count). The van der Waals surface area contributed by atoms with Gasteiger partial charge in [-0.25, -0.2) is 0 Å². The molecule has 2 aromatic rings. The van der Waals surface area contributed by atoms with Crippen molar-refractivity contribution in [2.24, 2.45) is 0 Å². The Labute approximate surface area is 125 Å². The van der Waals surface area contributed by atoms with Crippen LogP contribution in [-0.4, -0.2) is 13.2 Å². The van der Waals surface area contributed by atoms with Gasteiger partial charge in [0.2, 0.25) is 0 Å². The highest BCUT2D eigenvalue weighted by Gasteiger charge is 1.99. The van der Waals surface area contributed by atoms with Crippen molar-refractivity contribution in [1.29, 1.82) is 5.26 Å². The molecule has 21 heavy (non-hydrogen) atoms. The average molecular weight is 281 g/mol. The lowest BCUT2D eigenvalue weighted by Crippen LogP contribution is -2.09. The summed E-state index contributed by atoms with van der Waals surface area (Å²) in [6.45, 7) is 5.15. The van der Waals surface area contributed by atoms with Crippen LogP contribution in [0.3, 0.4) is 0 Å². The quantitative estimate of drug-likeness (QED) is 0.756. The summed E-state index contributed by atoms with van der Waals surface area (Å²) in [5.41, 5.74) is 3.48. The zero-order valence-electron chi connectivity index (χ0n) is 12.4. The van der Waals surface area contributed by atoms with E-state index >= 15 is 0 Å². The van der Waals surface area contributed by atoms with Gasteiger partial charge in [-0.2, -0.15) is 5.26 Å². The topological polar surface area (TPSA) is 42.2 Å². The Kier molecular flexibility index (Phi) is 5.22. The van der Waals surface area contributed by atoms with Crippen molar-refractivity contribution in [2.45, 2.75) is 20.3 Å². The first kappa shape index (κ1) is 14.9. The molecular weight excluding hydrogens is 262 g/mol. The van der Waals surface area contributed by atoms with E-state index in [1.807, 2.05) is 36.4 Å². The molecule has 3 heteroatoms. The zero-order valence-corrected chi connectivity index (χ0v) is 12.4. The second kappa shape index (κ2) is 7.35. The van der Waals surface area contributed by atoms with E-state index in [0.717, 1.165) is 17.1 Å². The van der Waals surface area contributed by atoms with E-state index < -0.39 is 0 Å². The van der Waals surface area contributed by atoms with Crippen LogP contribution in [0.15, 0.2) is 42.5 Å². The van der Waals surface area contributed by atoms with Gasteiger partial charge in [-0.3, -0.25) is 0 Å². The Morgan fingerprint density at radius 2 is 1.48 bits per heavy atom. The van der Waals surface area contributed by atoms with Gasteiger partial charge in [-0.15, -0.1) is 0 Å². The Hall–Kier alpha value is -2.47. The molecule has 0 fully saturated rings. The second-order valence-corrected chi connectivity index (χ2v) is 4.92. The molecule has 0 saturated carbocycles. The number of benzene rings is 2. The molecule has 0 heterocycles. The summed E-state index contributed by atoms with van der Waals surface area (Å²) in [5, 5.41) is 8.61. The summed E-state index contributed by atoms with van der Waals surface area (Å²) in [7, 11) is 0. The molecule has 0 atom stereocenters. The van der Waals surface area contributed by atoms with Gasteiger partial charge in [-0.05, 0) is 54.8 Å². The number of rotatable bonds is 6. The number of nitrogens with zero attached hydrogens (tertiary/aromatic N) is 1. The van der Waals surface area contributed by atoms with E-state index in [-0.39, 0.29) is 0 Å². The van der Waals surface area contributed by atoms with Gasteiger partial charge in [0.1, 0.15) is 24.7 Å². The van der Waals surface area contributed by atoms with Gasteiger partial charge < -0.3 is 9.47 Å². The number of ether oxygens (including phenoxy) is 2. The highest BCUT2D eigenvalue weighted by atomic mass is 16.5. The third kappa shape index (κ3) is 4.54. The summed E-state index contributed by atoms with van der Waals surface area (Å²) in [5.74, 6) is 1.66. The fourth-order valence-corrected chi connectivity index (χ4v) is 1.92. The van der Waals surface area contributed by atoms with Crippen molar-refractivity contribution in [3.63, 3.8) is 0 Å². The summed E-state index contributed by atoms with van der Waals surface area (Å²) in [4.78, 5) is 0. The van der Waals surface area contributed by atoms with E-state index in [1.165, 1.54) is 11.1 Å². The molecule has 0 amide bonds. The van der Waals surface area contributed by atoms with Crippen LogP contribution in [0.2, 0.25) is 0 Å². The van der Waals surface area contributed by atoms with Crippen LogP contribution in [-0.2, 0) is 6.42 Å². The Bertz CT molecular complexity index is 627. The van der Waals surface area contributed by atoms with E-state index in [9.17, 15) is 0 Å². The number of hydrogen-bond donors (Lipinski definition) is 0. The fraction of sp³-hybridized carbons (Fsp3) is 0.278. The predicted octanol–water partition coefficient (Wildman–Crippen LogP) is 3.83. The SMILES string of the molecule is Cc1ccc(OCCOc2ccc(CC#N)cc2)cc1C. The molecule has 0 unspecified atom stereocenters. The molecule has 3 nitrogen and oxygen atoms in total. The van der Waals surface area contributed by atoms with Crippen molar-refractivity contribution in [3.05, 3.63) is 59.2 Å². The first-order valence-corrected chi connectivity index (χ1v) is 6.98. The van der Waals surface area contributed by atoms with E-state index in [1.54, 1.807) is 0 Å². The van der Waals surface area contributed by atoms with Crippen LogP contribution >= 0.6 is 0 Å². The summed E-state index contributed by atoms with van der Waals surface area (Å²) < 4.78 is 11.3. The Balaban J connectivity index is 1.76. The monoisotopic (exact) mass is 281 g/mol. The molecule has 0 spiro atoms. The lowest BCUT2D eigenvalue weighted by atomic mass is 10.1. The highest BCUT2D eigenvalue weighted by Crippen LogP contribution is 2.16. The van der Waals surface area contributed by atoms with Gasteiger partial charge in [0.15, 0.2) is 0 Å². The van der Waals surface area contributed by atoms with Crippen LogP contribution in [0.25, 0.3) is 0 Å². The predicted molar refractivity (Wildman–Crippen MR) is 82.7 cm³/mol. The van der Waals surface area contributed by atoms with Gasteiger partial charge in [0.25, 0.3) is 0 Å². The van der Waals surface area contributed by atoms with Crippen LogP contribution in [0.1, 0.15) is 16.7 Å². The largest absolute Gasteiger partial charge is 0.490 e. The van der Waals surface area contributed by atoms with Crippen LogP contribution in [0, 0.1) is 25.2 Å². The van der Waals surface area contributed by atoms with Gasteiger partial charge in [0.05, 0.1) is 12.5 Å². The summed E-state index contributed by atoms with van der Waals surface area (Å²) in [6, 6.07) is 15.7. The van der Waals surface area contributed by atoms with Crippen molar-refractivity contribution >= 4 is 0 Å². The lowest BCUT2D eigenvalue weighted by Gasteiger charge is -2.10. The normalized spacial score (nSPS) is 9.95. The van der Waals surface area contributed by atoms with Gasteiger partial charge in [-0.1, -0.05) is 18.2 Å². The second-order valence-electron chi connectivity index (χ2n) is 4.92. The minimum atomic E-state index is 0.427. The third-order valence-electron chi connectivity index (χ3n) is 3.31. The van der Waals surface area contributed by atoms with Gasteiger partial charge >= 0.3 is 0 Å². The maximum atomic E-state index is 8.61. The summed E-state index contributed by atoms with van der Waals surface area (Å²) >= 11 is 0. The van der Waals surface area contributed by atoms with Crippen molar-refractivity contribution in [1.82, 2.24) is 0 Å². The lowest BCUT2D eigenvalue weighted by molar-refractivity contribution is 0.217. The third-order valence-corrected chi connectivity index (χ3v) is 3.31. The van der Waals surface area contributed by atoms with Crippen LogP contribution < -0.4 is 9.47 Å². The first-order chi connectivity index (χ1) is 10.2. The minimum Gasteiger partial charge on any atom is -0.490 e. The maximum absolute atomic E-state index is 8.61. The van der Waals surface area contributed by atoms with Crippen molar-refractivity contribution in [3.8, 4) is 17.6 Å². The standard InChI is InChI=1S/C18H19NO2/c1-14-3-6-18(13-15(14)2)21-12-11-20-17-7-4-16(5-8-17)9-10-19/h3-8,13H,9,11-12H2,1-2H3. The molecular formula is C18H19NO2. The number of hydrogen-bond acceptors (Lipinski definition) is 3. The Morgan fingerprint density at radius 1 is 0.857 bits per heavy atom. The molecule has 0 aliphatic rings. The molecule has 0 aliphatic heterocycles. The number of nitriles is 1. The van der Waals surface area contributed by atoms with Crippen LogP contribution in [0.4, 0.5) is 0 Å². The minimum absolute atomic E-state index is 0.427. The molecule has 0 bridgehead atoms. The smallest absolute Gasteiger partial charge is 0.122 e. The molecule has 2 aromatic carbocycles. The molecule has 108 valence electrons. The van der Waals surface area contributed by atoms with Crippen molar-refractivity contribution < 1.29 is 9.47 Å². The van der Waals surface area contributed by atoms with Crippen LogP contribution in [0.5, 0.6) is 11.5 Å². The molecule has 0 saturated heterocycles. The highest BCUT2D eigenvalue weighted by molar-refractivity contribution is 5.33. The van der Waals surface area contributed by atoms with Gasteiger partial charge in [0, 0.05) is 0 Å². The molecule has 0 radical (unpaired) electrons. The summed E-state index contributed by atoms with van der Waals surface area (Å²) in [6.07, 6.45) is 0.427. The molecule has 0 aromatic heterocycles. The Morgan fingerprint density at radius 3 is 2.10 bits per heavy atom. The van der Waals surface area contributed by atoms with Crippen molar-refractivity contribution in [2.75, 3.05) is 13.2 Å². The maximum Gasteiger partial charge on any atom is 0.122 e. The number of aryl methyl sites for hydroxylation is 2. The van der Waals surface area contributed by atoms with E-state index in [4.69, 9.17) is 14.7 Å². The fourth-order valence-electron chi connectivity index (χ4n) is 1.92.